The smallest absolute Gasteiger partial charge is 0.246 e. The van der Waals surface area contributed by atoms with Gasteiger partial charge in [-0.1, -0.05) is 6.07 Å². The first-order chi connectivity index (χ1) is 7.22. The van der Waals surface area contributed by atoms with E-state index < -0.39 is 0 Å². The van der Waals surface area contributed by atoms with E-state index in [9.17, 15) is 9.90 Å². The number of hydrazone groups is 1. The summed E-state index contributed by atoms with van der Waals surface area (Å²) >= 11 is 0. The van der Waals surface area contributed by atoms with Gasteiger partial charge in [-0.25, -0.2) is 5.43 Å². The summed E-state index contributed by atoms with van der Waals surface area (Å²) in [7, 11) is 1.50. The predicted octanol–water partition coefficient (Wildman–Crippen LogP) is 0.625. The van der Waals surface area contributed by atoms with Crippen LogP contribution in [0.15, 0.2) is 23.3 Å². The molecule has 0 atom stereocenters. The summed E-state index contributed by atoms with van der Waals surface area (Å²) in [6.45, 7) is 0. The Hall–Kier alpha value is -2.04. The molecule has 1 amide bonds. The SMILES string of the molecule is COc1cccc(O)c1C1=NNC(=O)C1. The molecule has 78 valence electrons. The number of hydrogen-bond acceptors (Lipinski definition) is 4. The minimum Gasteiger partial charge on any atom is -0.507 e. The molecule has 0 bridgehead atoms. The monoisotopic (exact) mass is 206 g/mol. The van der Waals surface area contributed by atoms with E-state index in [1.165, 1.54) is 13.2 Å². The van der Waals surface area contributed by atoms with Gasteiger partial charge in [0.1, 0.15) is 11.5 Å². The van der Waals surface area contributed by atoms with Crippen molar-refractivity contribution >= 4 is 11.6 Å². The van der Waals surface area contributed by atoms with Gasteiger partial charge in [0.05, 0.1) is 24.8 Å². The Labute approximate surface area is 86.4 Å². The third-order valence-corrected chi connectivity index (χ3v) is 2.16. The summed E-state index contributed by atoms with van der Waals surface area (Å²) in [6, 6.07) is 4.91. The molecule has 1 aliphatic rings. The first-order valence-electron chi connectivity index (χ1n) is 4.44. The molecule has 1 aromatic carbocycles. The molecule has 5 nitrogen and oxygen atoms in total. The highest BCUT2D eigenvalue weighted by Gasteiger charge is 2.22. The summed E-state index contributed by atoms with van der Waals surface area (Å²) in [5, 5.41) is 13.5. The fourth-order valence-corrected chi connectivity index (χ4v) is 1.48. The Kier molecular flexibility index (Phi) is 2.29. The molecule has 15 heavy (non-hydrogen) atoms. The molecule has 5 heteroatoms. The number of phenolic OH excluding ortho intramolecular Hbond substituents is 1. The Balaban J connectivity index is 2.47. The first kappa shape index (κ1) is 9.51. The van der Waals surface area contributed by atoms with E-state index in [0.717, 1.165) is 0 Å². The van der Waals surface area contributed by atoms with Crippen molar-refractivity contribution in [2.45, 2.75) is 6.42 Å². The number of nitrogens with zero attached hydrogens (tertiary/aromatic N) is 1. The van der Waals surface area contributed by atoms with Gasteiger partial charge < -0.3 is 9.84 Å². The zero-order valence-corrected chi connectivity index (χ0v) is 8.15. The number of rotatable bonds is 2. The average Bonchev–Trinajstić information content (AvgIpc) is 2.64. The van der Waals surface area contributed by atoms with Crippen LogP contribution in [0.3, 0.4) is 0 Å². The van der Waals surface area contributed by atoms with Crippen LogP contribution in [0, 0.1) is 0 Å². The Morgan fingerprint density at radius 3 is 2.93 bits per heavy atom. The summed E-state index contributed by atoms with van der Waals surface area (Å²) in [5.41, 5.74) is 3.29. The van der Waals surface area contributed by atoms with E-state index in [1.807, 2.05) is 0 Å². The van der Waals surface area contributed by atoms with Gasteiger partial charge in [-0.3, -0.25) is 4.79 Å². The Bertz CT molecular complexity index is 440. The molecule has 0 saturated carbocycles. The molecular formula is C10H10N2O3. The van der Waals surface area contributed by atoms with E-state index in [0.29, 0.717) is 17.0 Å². The summed E-state index contributed by atoms with van der Waals surface area (Å²) in [4.78, 5) is 11.0. The van der Waals surface area contributed by atoms with Crippen LogP contribution in [-0.4, -0.2) is 23.8 Å². The maximum atomic E-state index is 11.0. The standard InChI is InChI=1S/C10H10N2O3/c1-15-8-4-2-3-7(13)10(8)6-5-9(14)12-11-6/h2-4,13H,5H2,1H3,(H,12,14). The van der Waals surface area contributed by atoms with Gasteiger partial charge in [-0.15, -0.1) is 0 Å². The molecule has 0 fully saturated rings. The molecule has 0 radical (unpaired) electrons. The van der Waals surface area contributed by atoms with Crippen LogP contribution in [0.1, 0.15) is 12.0 Å². The van der Waals surface area contributed by atoms with Crippen LogP contribution in [0.25, 0.3) is 0 Å². The molecule has 2 N–H and O–H groups in total. The van der Waals surface area contributed by atoms with Crippen LogP contribution >= 0.6 is 0 Å². The molecule has 2 rings (SSSR count). The van der Waals surface area contributed by atoms with Gasteiger partial charge in [0.25, 0.3) is 0 Å². The zero-order chi connectivity index (χ0) is 10.8. The minimum absolute atomic E-state index is 0.0598. The maximum Gasteiger partial charge on any atom is 0.246 e. The lowest BCUT2D eigenvalue weighted by molar-refractivity contribution is -0.119. The van der Waals surface area contributed by atoms with Crippen molar-refractivity contribution in [3.05, 3.63) is 23.8 Å². The van der Waals surface area contributed by atoms with Crippen LogP contribution in [0.2, 0.25) is 0 Å². The summed E-state index contributed by atoms with van der Waals surface area (Å²) in [5.74, 6) is 0.380. The number of carbonyl (C=O) groups is 1. The second-order valence-corrected chi connectivity index (χ2v) is 3.12. The number of amides is 1. The first-order valence-corrected chi connectivity index (χ1v) is 4.44. The van der Waals surface area contributed by atoms with E-state index >= 15 is 0 Å². The second-order valence-electron chi connectivity index (χ2n) is 3.12. The van der Waals surface area contributed by atoms with Crippen molar-refractivity contribution in [2.75, 3.05) is 7.11 Å². The molecular weight excluding hydrogens is 196 g/mol. The average molecular weight is 206 g/mol. The van der Waals surface area contributed by atoms with E-state index in [-0.39, 0.29) is 18.1 Å². The lowest BCUT2D eigenvalue weighted by Crippen LogP contribution is -2.09. The van der Waals surface area contributed by atoms with Gasteiger partial charge in [0.2, 0.25) is 5.91 Å². The molecule has 0 aliphatic carbocycles. The topological polar surface area (TPSA) is 70.9 Å². The van der Waals surface area contributed by atoms with Gasteiger partial charge in [-0.05, 0) is 12.1 Å². The number of benzene rings is 1. The number of methoxy groups -OCH3 is 1. The van der Waals surface area contributed by atoms with Gasteiger partial charge in [0.15, 0.2) is 0 Å². The van der Waals surface area contributed by atoms with Crippen molar-refractivity contribution in [3.8, 4) is 11.5 Å². The Morgan fingerprint density at radius 2 is 2.33 bits per heavy atom. The largest absolute Gasteiger partial charge is 0.507 e. The van der Waals surface area contributed by atoms with Crippen molar-refractivity contribution in [1.29, 1.82) is 0 Å². The predicted molar refractivity (Wildman–Crippen MR) is 54.0 cm³/mol. The number of phenols is 1. The molecule has 0 unspecified atom stereocenters. The number of nitrogens with one attached hydrogen (secondary N) is 1. The highest BCUT2D eigenvalue weighted by atomic mass is 16.5. The number of aromatic hydroxyl groups is 1. The van der Waals surface area contributed by atoms with Crippen LogP contribution in [0.4, 0.5) is 0 Å². The maximum absolute atomic E-state index is 11.0. The molecule has 1 aliphatic heterocycles. The molecule has 1 aromatic rings. The van der Waals surface area contributed by atoms with Crippen molar-refractivity contribution < 1.29 is 14.6 Å². The van der Waals surface area contributed by atoms with Crippen LogP contribution in [0.5, 0.6) is 11.5 Å². The van der Waals surface area contributed by atoms with Gasteiger partial charge >= 0.3 is 0 Å². The van der Waals surface area contributed by atoms with Crippen LogP contribution in [-0.2, 0) is 4.79 Å². The zero-order valence-electron chi connectivity index (χ0n) is 8.15. The lowest BCUT2D eigenvalue weighted by atomic mass is 10.1. The Morgan fingerprint density at radius 1 is 1.53 bits per heavy atom. The van der Waals surface area contributed by atoms with Crippen molar-refractivity contribution in [2.24, 2.45) is 5.10 Å². The highest BCUT2D eigenvalue weighted by Crippen LogP contribution is 2.29. The molecule has 0 aromatic heterocycles. The van der Waals surface area contributed by atoms with Gasteiger partial charge in [0, 0.05) is 0 Å². The molecule has 0 spiro atoms. The van der Waals surface area contributed by atoms with E-state index in [4.69, 9.17) is 4.74 Å². The normalized spacial score (nSPS) is 14.7. The van der Waals surface area contributed by atoms with Crippen molar-refractivity contribution in [1.82, 2.24) is 5.43 Å². The third-order valence-electron chi connectivity index (χ3n) is 2.16. The third kappa shape index (κ3) is 1.63. The number of ether oxygens (including phenoxy) is 1. The minimum atomic E-state index is -0.185. The van der Waals surface area contributed by atoms with Crippen molar-refractivity contribution in [3.63, 3.8) is 0 Å². The summed E-state index contributed by atoms with van der Waals surface area (Å²) in [6.07, 6.45) is 0.161. The summed E-state index contributed by atoms with van der Waals surface area (Å²) < 4.78 is 5.09. The van der Waals surface area contributed by atoms with E-state index in [2.05, 4.69) is 10.5 Å². The van der Waals surface area contributed by atoms with Gasteiger partial charge in [-0.2, -0.15) is 5.10 Å². The molecule has 1 heterocycles. The molecule has 0 saturated heterocycles. The fraction of sp³-hybridized carbons (Fsp3) is 0.200. The highest BCUT2D eigenvalue weighted by molar-refractivity contribution is 6.16. The second kappa shape index (κ2) is 3.61. The fourth-order valence-electron chi connectivity index (χ4n) is 1.48. The number of hydrogen-bond donors (Lipinski definition) is 2. The van der Waals surface area contributed by atoms with E-state index in [1.54, 1.807) is 12.1 Å². The quantitative estimate of drug-likeness (QED) is 0.745. The number of carbonyl (C=O) groups excluding carboxylic acids is 1. The van der Waals surface area contributed by atoms with Crippen LogP contribution < -0.4 is 10.2 Å². The lowest BCUT2D eigenvalue weighted by Gasteiger charge is -2.08.